The number of benzene rings is 1. The minimum atomic E-state index is -0.404. The molecule has 1 aromatic heterocycles. The van der Waals surface area contributed by atoms with Crippen molar-refractivity contribution in [1.82, 2.24) is 20.1 Å². The van der Waals surface area contributed by atoms with E-state index in [1.807, 2.05) is 6.07 Å². The van der Waals surface area contributed by atoms with E-state index in [0.717, 1.165) is 18.4 Å². The molecule has 1 aromatic carbocycles. The molecule has 2 aromatic rings. The summed E-state index contributed by atoms with van der Waals surface area (Å²) in [5.41, 5.74) is 1.34. The molecule has 2 N–H and O–H groups in total. The maximum absolute atomic E-state index is 13.3. The van der Waals surface area contributed by atoms with Gasteiger partial charge in [0.25, 0.3) is 0 Å². The SMILES string of the molecule is Cc1cc(CC2CCN(C(=O)Cc3n[nH]c(=O)[nH]3)C2)ccc1F. The smallest absolute Gasteiger partial charge is 0.340 e. The second-order valence-electron chi connectivity index (χ2n) is 6.08. The predicted octanol–water partition coefficient (Wildman–Crippen LogP) is 1.18. The first-order valence-electron chi connectivity index (χ1n) is 7.67. The number of nitrogens with zero attached hydrogens (tertiary/aromatic N) is 2. The van der Waals surface area contributed by atoms with E-state index in [2.05, 4.69) is 15.2 Å². The Kier molecular flexibility index (Phi) is 4.27. The second kappa shape index (κ2) is 6.36. The molecular weight excluding hydrogens is 299 g/mol. The largest absolute Gasteiger partial charge is 0.342 e. The molecule has 1 atom stereocenters. The predicted molar refractivity (Wildman–Crippen MR) is 82.4 cm³/mol. The topological polar surface area (TPSA) is 81.8 Å². The molecular formula is C16H19FN4O2. The summed E-state index contributed by atoms with van der Waals surface area (Å²) in [4.78, 5) is 27.5. The molecule has 0 aliphatic carbocycles. The number of hydrogen-bond acceptors (Lipinski definition) is 3. The van der Waals surface area contributed by atoms with E-state index in [1.165, 1.54) is 6.07 Å². The molecule has 6 nitrogen and oxygen atoms in total. The molecule has 23 heavy (non-hydrogen) atoms. The zero-order valence-electron chi connectivity index (χ0n) is 12.9. The van der Waals surface area contributed by atoms with E-state index in [1.54, 1.807) is 17.9 Å². The molecule has 122 valence electrons. The molecule has 1 fully saturated rings. The number of hydrogen-bond donors (Lipinski definition) is 2. The Labute approximate surface area is 132 Å². The Morgan fingerprint density at radius 2 is 2.30 bits per heavy atom. The number of rotatable bonds is 4. The van der Waals surface area contributed by atoms with Crippen molar-refractivity contribution < 1.29 is 9.18 Å². The highest BCUT2D eigenvalue weighted by Crippen LogP contribution is 2.22. The van der Waals surface area contributed by atoms with Gasteiger partial charge in [0.15, 0.2) is 0 Å². The van der Waals surface area contributed by atoms with Crippen LogP contribution in [0, 0.1) is 18.7 Å². The molecule has 1 saturated heterocycles. The van der Waals surface area contributed by atoms with E-state index < -0.39 is 5.69 Å². The Balaban J connectivity index is 1.56. The maximum atomic E-state index is 13.3. The average molecular weight is 318 g/mol. The van der Waals surface area contributed by atoms with Crippen molar-refractivity contribution in [1.29, 1.82) is 0 Å². The van der Waals surface area contributed by atoms with Crippen LogP contribution in [0.2, 0.25) is 0 Å². The summed E-state index contributed by atoms with van der Waals surface area (Å²) in [6, 6.07) is 5.17. The van der Waals surface area contributed by atoms with Crippen LogP contribution < -0.4 is 5.69 Å². The standard InChI is InChI=1S/C16H19FN4O2/c1-10-6-11(2-3-13(10)17)7-12-4-5-21(9-12)15(22)8-14-18-16(23)20-19-14/h2-3,6,12H,4-5,7-9H2,1H3,(H2,18,19,20,23). The first kappa shape index (κ1) is 15.5. The molecule has 3 rings (SSSR count). The van der Waals surface area contributed by atoms with E-state index in [-0.39, 0.29) is 18.1 Å². The molecule has 0 saturated carbocycles. The number of aromatic nitrogens is 3. The van der Waals surface area contributed by atoms with Crippen LogP contribution in [0.4, 0.5) is 4.39 Å². The summed E-state index contributed by atoms with van der Waals surface area (Å²) in [5, 5.41) is 6.01. The number of aromatic amines is 2. The lowest BCUT2D eigenvalue weighted by Gasteiger charge is -2.16. The molecule has 1 unspecified atom stereocenters. The third-order valence-electron chi connectivity index (χ3n) is 4.25. The lowest BCUT2D eigenvalue weighted by molar-refractivity contribution is -0.129. The van der Waals surface area contributed by atoms with E-state index >= 15 is 0 Å². The Morgan fingerprint density at radius 1 is 1.48 bits per heavy atom. The Bertz CT molecular complexity index is 767. The molecule has 7 heteroatoms. The lowest BCUT2D eigenvalue weighted by Crippen LogP contribution is -2.30. The van der Waals surface area contributed by atoms with Crippen LogP contribution in [0.5, 0.6) is 0 Å². The monoisotopic (exact) mass is 318 g/mol. The molecule has 0 bridgehead atoms. The molecule has 1 amide bonds. The highest BCUT2D eigenvalue weighted by Gasteiger charge is 2.26. The van der Waals surface area contributed by atoms with Crippen LogP contribution in [0.25, 0.3) is 0 Å². The fraction of sp³-hybridized carbons (Fsp3) is 0.438. The summed E-state index contributed by atoms with van der Waals surface area (Å²) >= 11 is 0. The van der Waals surface area contributed by atoms with Crippen LogP contribution in [-0.4, -0.2) is 39.1 Å². The maximum Gasteiger partial charge on any atom is 0.340 e. The first-order chi connectivity index (χ1) is 11.0. The third kappa shape index (κ3) is 3.67. The van der Waals surface area contributed by atoms with Crippen molar-refractivity contribution in [2.75, 3.05) is 13.1 Å². The zero-order chi connectivity index (χ0) is 16.4. The highest BCUT2D eigenvalue weighted by molar-refractivity contribution is 5.78. The van der Waals surface area contributed by atoms with Gasteiger partial charge in [-0.25, -0.2) is 14.3 Å². The van der Waals surface area contributed by atoms with Crippen LogP contribution in [0.15, 0.2) is 23.0 Å². The fourth-order valence-corrected chi connectivity index (χ4v) is 3.04. The van der Waals surface area contributed by atoms with E-state index in [9.17, 15) is 14.0 Å². The summed E-state index contributed by atoms with van der Waals surface area (Å²) in [7, 11) is 0. The minimum Gasteiger partial charge on any atom is -0.342 e. The molecule has 0 radical (unpaired) electrons. The number of aryl methyl sites for hydroxylation is 1. The summed E-state index contributed by atoms with van der Waals surface area (Å²) in [5.74, 6) is 0.509. The van der Waals surface area contributed by atoms with Gasteiger partial charge in [0.05, 0.1) is 6.42 Å². The summed E-state index contributed by atoms with van der Waals surface area (Å²) in [6.07, 6.45) is 1.87. The zero-order valence-corrected chi connectivity index (χ0v) is 12.9. The average Bonchev–Trinajstić information content (AvgIpc) is 3.12. The number of carbonyl (C=O) groups excluding carboxylic acids is 1. The van der Waals surface area contributed by atoms with Crippen molar-refractivity contribution in [3.63, 3.8) is 0 Å². The van der Waals surface area contributed by atoms with Crippen LogP contribution >= 0.6 is 0 Å². The normalized spacial score (nSPS) is 17.7. The van der Waals surface area contributed by atoms with E-state index in [4.69, 9.17) is 0 Å². The van der Waals surface area contributed by atoms with Crippen molar-refractivity contribution in [2.45, 2.75) is 26.2 Å². The van der Waals surface area contributed by atoms with Crippen LogP contribution in [0.1, 0.15) is 23.4 Å². The van der Waals surface area contributed by atoms with Gasteiger partial charge in [0.1, 0.15) is 11.6 Å². The van der Waals surface area contributed by atoms with Gasteiger partial charge in [0, 0.05) is 13.1 Å². The van der Waals surface area contributed by atoms with Crippen molar-refractivity contribution >= 4 is 5.91 Å². The lowest BCUT2D eigenvalue weighted by atomic mass is 9.97. The van der Waals surface area contributed by atoms with E-state index in [0.29, 0.717) is 30.4 Å². The summed E-state index contributed by atoms with van der Waals surface area (Å²) < 4.78 is 13.3. The molecule has 1 aliphatic heterocycles. The number of carbonyl (C=O) groups is 1. The third-order valence-corrected chi connectivity index (χ3v) is 4.25. The first-order valence-corrected chi connectivity index (χ1v) is 7.67. The highest BCUT2D eigenvalue weighted by atomic mass is 19.1. The van der Waals surface area contributed by atoms with Crippen LogP contribution in [-0.2, 0) is 17.6 Å². The molecule has 1 aliphatic rings. The number of H-pyrrole nitrogens is 2. The molecule has 2 heterocycles. The van der Waals surface area contributed by atoms with Gasteiger partial charge in [-0.1, -0.05) is 12.1 Å². The van der Waals surface area contributed by atoms with Gasteiger partial charge in [-0.05, 0) is 42.9 Å². The number of amides is 1. The number of nitrogens with one attached hydrogen (secondary N) is 2. The quantitative estimate of drug-likeness (QED) is 0.888. The van der Waals surface area contributed by atoms with Crippen LogP contribution in [0.3, 0.4) is 0 Å². The van der Waals surface area contributed by atoms with Crippen molar-refractivity contribution in [3.05, 3.63) is 51.5 Å². The Morgan fingerprint density at radius 3 is 3.00 bits per heavy atom. The number of likely N-dealkylation sites (tertiary alicyclic amines) is 1. The van der Waals surface area contributed by atoms with Gasteiger partial charge in [-0.3, -0.25) is 9.78 Å². The fourth-order valence-electron chi connectivity index (χ4n) is 3.04. The Hall–Kier alpha value is -2.44. The summed E-state index contributed by atoms with van der Waals surface area (Å²) in [6.45, 7) is 3.15. The molecule has 0 spiro atoms. The van der Waals surface area contributed by atoms with Gasteiger partial charge in [-0.15, -0.1) is 0 Å². The van der Waals surface area contributed by atoms with Gasteiger partial charge >= 0.3 is 5.69 Å². The second-order valence-corrected chi connectivity index (χ2v) is 6.08. The van der Waals surface area contributed by atoms with Gasteiger partial charge < -0.3 is 4.90 Å². The van der Waals surface area contributed by atoms with Crippen molar-refractivity contribution in [2.24, 2.45) is 5.92 Å². The number of halogens is 1. The van der Waals surface area contributed by atoms with Gasteiger partial charge in [-0.2, -0.15) is 5.10 Å². The minimum absolute atomic E-state index is 0.0365. The van der Waals surface area contributed by atoms with Crippen molar-refractivity contribution in [3.8, 4) is 0 Å². The van der Waals surface area contributed by atoms with Gasteiger partial charge in [0.2, 0.25) is 5.91 Å².